The number of para-hydroxylation sites is 2. The van der Waals surface area contributed by atoms with Gasteiger partial charge < -0.3 is 4.57 Å². The summed E-state index contributed by atoms with van der Waals surface area (Å²) < 4.78 is 2.33. The highest BCUT2D eigenvalue weighted by molar-refractivity contribution is 6.20. The van der Waals surface area contributed by atoms with Gasteiger partial charge in [0.25, 0.3) is 0 Å². The highest BCUT2D eigenvalue weighted by atomic mass is 35.5. The Balaban J connectivity index is 1.98. The van der Waals surface area contributed by atoms with E-state index in [1.54, 1.807) is 0 Å². The Labute approximate surface area is 125 Å². The van der Waals surface area contributed by atoms with Crippen molar-refractivity contribution in [2.75, 3.05) is 13.1 Å². The second kappa shape index (κ2) is 5.74. The maximum Gasteiger partial charge on any atom is 0.127 e. The second-order valence-electron chi connectivity index (χ2n) is 5.61. The number of fused-ring (bicyclic) bond motifs is 1. The predicted octanol–water partition coefficient (Wildman–Crippen LogP) is 3.82. The van der Waals surface area contributed by atoms with E-state index in [0.717, 1.165) is 24.4 Å². The van der Waals surface area contributed by atoms with Crippen LogP contribution in [0.3, 0.4) is 0 Å². The van der Waals surface area contributed by atoms with Crippen LogP contribution in [0, 0.1) is 0 Å². The largest absolute Gasteiger partial charge is 0.325 e. The van der Waals surface area contributed by atoms with Crippen molar-refractivity contribution in [1.82, 2.24) is 14.5 Å². The van der Waals surface area contributed by atoms with Crippen molar-refractivity contribution in [3.63, 3.8) is 0 Å². The monoisotopic (exact) mass is 291 g/mol. The summed E-state index contributed by atoms with van der Waals surface area (Å²) >= 11 is 6.34. The van der Waals surface area contributed by atoms with Gasteiger partial charge in [-0.15, -0.1) is 11.6 Å². The molecule has 2 heterocycles. The van der Waals surface area contributed by atoms with E-state index >= 15 is 0 Å². The number of nitrogens with zero attached hydrogens (tertiary/aromatic N) is 3. The molecule has 108 valence electrons. The van der Waals surface area contributed by atoms with Crippen LogP contribution in [-0.2, 0) is 6.54 Å². The van der Waals surface area contributed by atoms with Gasteiger partial charge in [-0.3, -0.25) is 4.90 Å². The number of hydrogen-bond acceptors (Lipinski definition) is 2. The first-order valence-corrected chi connectivity index (χ1v) is 7.97. The Bertz CT molecular complexity index is 590. The predicted molar refractivity (Wildman–Crippen MR) is 84.3 cm³/mol. The minimum Gasteiger partial charge on any atom is -0.325 e. The lowest BCUT2D eigenvalue weighted by Gasteiger charge is -2.24. The van der Waals surface area contributed by atoms with E-state index in [0.29, 0.717) is 6.04 Å². The zero-order valence-electron chi connectivity index (χ0n) is 12.2. The number of rotatable bonds is 4. The molecule has 0 aliphatic carbocycles. The maximum atomic E-state index is 6.34. The van der Waals surface area contributed by atoms with Gasteiger partial charge in [0, 0.05) is 12.6 Å². The number of aromatic nitrogens is 2. The average molecular weight is 292 g/mol. The van der Waals surface area contributed by atoms with Crippen LogP contribution in [0.4, 0.5) is 0 Å². The Hall–Kier alpha value is -1.06. The molecule has 0 spiro atoms. The quantitative estimate of drug-likeness (QED) is 0.799. The molecule has 1 aromatic heterocycles. The van der Waals surface area contributed by atoms with Crippen molar-refractivity contribution in [3.8, 4) is 0 Å². The number of hydrogen-bond donors (Lipinski definition) is 0. The Morgan fingerprint density at radius 1 is 1.40 bits per heavy atom. The normalized spacial score (nSPS) is 21.6. The molecule has 0 saturated carbocycles. The van der Waals surface area contributed by atoms with Gasteiger partial charge in [-0.1, -0.05) is 19.1 Å². The minimum atomic E-state index is -0.0566. The molecule has 2 unspecified atom stereocenters. The van der Waals surface area contributed by atoms with Crippen molar-refractivity contribution in [2.45, 2.75) is 44.7 Å². The van der Waals surface area contributed by atoms with Crippen LogP contribution in [-0.4, -0.2) is 33.6 Å². The SMILES string of the molecule is CCN1CCCC1Cn1c(C(C)Cl)nc2ccccc21. The molecule has 2 atom stereocenters. The van der Waals surface area contributed by atoms with Gasteiger partial charge in [0.05, 0.1) is 16.4 Å². The van der Waals surface area contributed by atoms with Crippen molar-refractivity contribution >= 4 is 22.6 Å². The zero-order valence-corrected chi connectivity index (χ0v) is 13.0. The molecule has 3 rings (SSSR count). The van der Waals surface area contributed by atoms with E-state index in [1.165, 1.54) is 24.9 Å². The standard InChI is InChI=1S/C16H22ClN3/c1-3-19-10-6-7-13(19)11-20-15-9-5-4-8-14(15)18-16(20)12(2)17/h4-5,8-9,12-13H,3,6-7,10-11H2,1-2H3. The minimum absolute atomic E-state index is 0.0566. The van der Waals surface area contributed by atoms with E-state index in [-0.39, 0.29) is 5.38 Å². The summed E-state index contributed by atoms with van der Waals surface area (Å²) in [6, 6.07) is 8.95. The van der Waals surface area contributed by atoms with Gasteiger partial charge in [-0.2, -0.15) is 0 Å². The topological polar surface area (TPSA) is 21.1 Å². The summed E-state index contributed by atoms with van der Waals surface area (Å²) in [5.41, 5.74) is 2.26. The van der Waals surface area contributed by atoms with Crippen LogP contribution in [0.25, 0.3) is 11.0 Å². The summed E-state index contributed by atoms with van der Waals surface area (Å²) in [6.45, 7) is 7.60. The first kappa shape index (κ1) is 13.9. The van der Waals surface area contributed by atoms with E-state index < -0.39 is 0 Å². The van der Waals surface area contributed by atoms with E-state index in [9.17, 15) is 0 Å². The molecule has 1 fully saturated rings. The lowest BCUT2D eigenvalue weighted by Crippen LogP contribution is -2.33. The van der Waals surface area contributed by atoms with Gasteiger partial charge >= 0.3 is 0 Å². The van der Waals surface area contributed by atoms with Crippen molar-refractivity contribution in [2.24, 2.45) is 0 Å². The van der Waals surface area contributed by atoms with E-state index in [4.69, 9.17) is 16.6 Å². The highest BCUT2D eigenvalue weighted by Gasteiger charge is 2.25. The molecule has 1 aliphatic heterocycles. The van der Waals surface area contributed by atoms with Crippen molar-refractivity contribution in [1.29, 1.82) is 0 Å². The first-order valence-electron chi connectivity index (χ1n) is 7.54. The molecule has 3 nitrogen and oxygen atoms in total. The maximum absolute atomic E-state index is 6.34. The van der Waals surface area contributed by atoms with E-state index in [1.807, 2.05) is 13.0 Å². The molecule has 4 heteroatoms. The number of alkyl halides is 1. The van der Waals surface area contributed by atoms with Crippen LogP contribution in [0.5, 0.6) is 0 Å². The number of likely N-dealkylation sites (N-methyl/N-ethyl adjacent to an activating group) is 1. The molecule has 20 heavy (non-hydrogen) atoms. The van der Waals surface area contributed by atoms with Crippen molar-refractivity contribution < 1.29 is 0 Å². The summed E-state index contributed by atoms with van der Waals surface area (Å²) in [5.74, 6) is 0.996. The smallest absolute Gasteiger partial charge is 0.127 e. The molecule has 1 saturated heterocycles. The molecule has 0 bridgehead atoms. The highest BCUT2D eigenvalue weighted by Crippen LogP contribution is 2.27. The van der Waals surface area contributed by atoms with Gasteiger partial charge in [0.15, 0.2) is 0 Å². The van der Waals surface area contributed by atoms with E-state index in [2.05, 4.69) is 34.6 Å². The van der Waals surface area contributed by atoms with Gasteiger partial charge in [-0.25, -0.2) is 4.98 Å². The fraction of sp³-hybridized carbons (Fsp3) is 0.562. The third kappa shape index (κ3) is 2.45. The molecule has 0 radical (unpaired) electrons. The third-order valence-electron chi connectivity index (χ3n) is 4.34. The fourth-order valence-corrected chi connectivity index (χ4v) is 3.49. The van der Waals surface area contributed by atoms with Crippen molar-refractivity contribution in [3.05, 3.63) is 30.1 Å². The first-order chi connectivity index (χ1) is 9.70. The number of benzene rings is 1. The van der Waals surface area contributed by atoms with Crippen LogP contribution < -0.4 is 0 Å². The van der Waals surface area contributed by atoms with Crippen LogP contribution in [0.2, 0.25) is 0 Å². The molecule has 2 aromatic rings. The molecule has 1 aromatic carbocycles. The second-order valence-corrected chi connectivity index (χ2v) is 6.26. The van der Waals surface area contributed by atoms with Gasteiger partial charge in [-0.05, 0) is 45.0 Å². The molecular formula is C16H22ClN3. The average Bonchev–Trinajstić information content (AvgIpc) is 3.04. The molecule has 1 aliphatic rings. The summed E-state index contributed by atoms with van der Waals surface area (Å²) in [4.78, 5) is 7.28. The molecule has 0 N–H and O–H groups in total. The number of likely N-dealkylation sites (tertiary alicyclic amines) is 1. The van der Waals surface area contributed by atoms with Crippen LogP contribution >= 0.6 is 11.6 Å². The molecular weight excluding hydrogens is 270 g/mol. The zero-order chi connectivity index (χ0) is 14.1. The fourth-order valence-electron chi connectivity index (χ4n) is 3.32. The summed E-state index contributed by atoms with van der Waals surface area (Å²) in [6.07, 6.45) is 2.58. The third-order valence-corrected chi connectivity index (χ3v) is 4.53. The number of imidazole rings is 1. The Kier molecular flexibility index (Phi) is 3.99. The number of halogens is 1. The van der Waals surface area contributed by atoms with Gasteiger partial charge in [0.1, 0.15) is 5.82 Å². The molecule has 0 amide bonds. The lowest BCUT2D eigenvalue weighted by atomic mass is 10.2. The Morgan fingerprint density at radius 3 is 2.95 bits per heavy atom. The van der Waals surface area contributed by atoms with Crippen LogP contribution in [0.1, 0.15) is 37.9 Å². The summed E-state index contributed by atoms with van der Waals surface area (Å²) in [7, 11) is 0. The Morgan fingerprint density at radius 2 is 2.20 bits per heavy atom. The summed E-state index contributed by atoms with van der Waals surface area (Å²) in [5, 5.41) is -0.0566. The van der Waals surface area contributed by atoms with Gasteiger partial charge in [0.2, 0.25) is 0 Å². The lowest BCUT2D eigenvalue weighted by molar-refractivity contribution is 0.244. The van der Waals surface area contributed by atoms with Crippen LogP contribution in [0.15, 0.2) is 24.3 Å².